The molecule has 3 heterocycles. The normalized spacial score (nSPS) is 18.4. The molecule has 128 valence electrons. The number of hydrogen-bond acceptors (Lipinski definition) is 5. The molecule has 1 saturated heterocycles. The van der Waals surface area contributed by atoms with Crippen molar-refractivity contribution in [2.24, 2.45) is 5.92 Å². The lowest BCUT2D eigenvalue weighted by molar-refractivity contribution is -0.131. The monoisotopic (exact) mass is 329 g/mol. The third kappa shape index (κ3) is 4.61. The molecule has 7 nitrogen and oxygen atoms in total. The van der Waals surface area contributed by atoms with Gasteiger partial charge in [0.1, 0.15) is 6.33 Å². The topological polar surface area (TPSA) is 73.1 Å². The molecule has 1 aliphatic heterocycles. The van der Waals surface area contributed by atoms with Crippen LogP contribution in [0.25, 0.3) is 0 Å². The van der Waals surface area contributed by atoms with Crippen molar-refractivity contribution in [1.82, 2.24) is 24.6 Å². The summed E-state index contributed by atoms with van der Waals surface area (Å²) in [6.45, 7) is 5.17. The fourth-order valence-electron chi connectivity index (χ4n) is 2.92. The maximum atomic E-state index is 12.5. The second-order valence-electron chi connectivity index (χ2n) is 6.16. The van der Waals surface area contributed by atoms with Crippen LogP contribution in [0.15, 0.2) is 30.9 Å². The number of rotatable bonds is 5. The van der Waals surface area contributed by atoms with E-state index in [1.54, 1.807) is 12.5 Å². The molecule has 2 aromatic rings. The lowest BCUT2D eigenvalue weighted by atomic mass is 10.0. The summed E-state index contributed by atoms with van der Waals surface area (Å²) in [5.74, 6) is 0.416. The second-order valence-corrected chi connectivity index (χ2v) is 6.16. The van der Waals surface area contributed by atoms with Crippen LogP contribution in [0.4, 0.5) is 0 Å². The Morgan fingerprint density at radius 3 is 3.08 bits per heavy atom. The maximum absolute atomic E-state index is 12.5. The molecule has 0 unspecified atom stereocenters. The third-order valence-electron chi connectivity index (χ3n) is 4.16. The van der Waals surface area contributed by atoms with Crippen LogP contribution in [0.1, 0.15) is 17.8 Å². The smallest absolute Gasteiger partial charge is 0.224 e. The predicted molar refractivity (Wildman–Crippen MR) is 88.2 cm³/mol. The van der Waals surface area contributed by atoms with Gasteiger partial charge in [0.2, 0.25) is 5.91 Å². The van der Waals surface area contributed by atoms with Gasteiger partial charge in [0.25, 0.3) is 0 Å². The van der Waals surface area contributed by atoms with Gasteiger partial charge in [-0.15, -0.1) is 0 Å². The number of carbonyl (C=O) groups is 1. The Hall–Kier alpha value is -2.28. The Morgan fingerprint density at radius 2 is 2.33 bits per heavy atom. The Balaban J connectivity index is 1.54. The predicted octanol–water partition coefficient (Wildman–Crippen LogP) is 1.09. The standard InChI is InChI=1S/C17H23N5O2/c1-14-3-6-22(20-14)7-4-17(23)21-8-9-24-12-15(11-21)10-16-2-5-18-13-19-16/h2-3,5-6,13,15H,4,7-12H2,1H3/t15-/m0/s1. The van der Waals surface area contributed by atoms with Crippen LogP contribution in [0, 0.1) is 12.8 Å². The third-order valence-corrected chi connectivity index (χ3v) is 4.16. The van der Waals surface area contributed by atoms with Crippen LogP contribution < -0.4 is 0 Å². The van der Waals surface area contributed by atoms with E-state index in [1.807, 2.05) is 34.8 Å². The van der Waals surface area contributed by atoms with Crippen molar-refractivity contribution in [3.8, 4) is 0 Å². The van der Waals surface area contributed by atoms with Crippen LogP contribution in [-0.2, 0) is 22.5 Å². The number of amides is 1. The molecule has 0 bridgehead atoms. The summed E-state index contributed by atoms with van der Waals surface area (Å²) in [4.78, 5) is 22.7. The van der Waals surface area contributed by atoms with E-state index >= 15 is 0 Å². The molecular weight excluding hydrogens is 306 g/mol. The van der Waals surface area contributed by atoms with Gasteiger partial charge >= 0.3 is 0 Å². The number of aromatic nitrogens is 4. The van der Waals surface area contributed by atoms with Gasteiger partial charge in [0.05, 0.1) is 18.9 Å². The summed E-state index contributed by atoms with van der Waals surface area (Å²) in [6.07, 6.45) is 6.47. The number of hydrogen-bond donors (Lipinski definition) is 0. The van der Waals surface area contributed by atoms with Crippen molar-refractivity contribution in [3.05, 3.63) is 42.2 Å². The molecule has 24 heavy (non-hydrogen) atoms. The lowest BCUT2D eigenvalue weighted by Crippen LogP contribution is -2.37. The van der Waals surface area contributed by atoms with Gasteiger partial charge in [0, 0.05) is 50.1 Å². The van der Waals surface area contributed by atoms with Crippen molar-refractivity contribution >= 4 is 5.91 Å². The first-order valence-corrected chi connectivity index (χ1v) is 8.31. The van der Waals surface area contributed by atoms with Crippen LogP contribution in [0.3, 0.4) is 0 Å². The second kappa shape index (κ2) is 8.01. The first kappa shape index (κ1) is 16.6. The molecule has 1 atom stereocenters. The SMILES string of the molecule is Cc1ccn(CCC(=O)N2CCOC[C@@H](Cc3ccncn3)C2)n1. The number of ether oxygens (including phenoxy) is 1. The minimum atomic E-state index is 0.154. The zero-order chi connectivity index (χ0) is 16.8. The van der Waals surface area contributed by atoms with Crippen LogP contribution in [-0.4, -0.2) is 56.9 Å². The Labute approximate surface area is 141 Å². The zero-order valence-corrected chi connectivity index (χ0v) is 14.0. The first-order chi connectivity index (χ1) is 11.7. The molecule has 2 aromatic heterocycles. The van der Waals surface area contributed by atoms with Crippen molar-refractivity contribution in [1.29, 1.82) is 0 Å². The minimum absolute atomic E-state index is 0.154. The molecule has 0 N–H and O–H groups in total. The van der Waals surface area contributed by atoms with Crippen molar-refractivity contribution < 1.29 is 9.53 Å². The van der Waals surface area contributed by atoms with E-state index in [0.717, 1.165) is 17.8 Å². The molecule has 0 spiro atoms. The van der Waals surface area contributed by atoms with Gasteiger partial charge in [-0.05, 0) is 25.5 Å². The zero-order valence-electron chi connectivity index (χ0n) is 14.0. The van der Waals surface area contributed by atoms with E-state index in [1.165, 1.54) is 0 Å². The van der Waals surface area contributed by atoms with E-state index in [9.17, 15) is 4.79 Å². The number of nitrogens with zero attached hydrogens (tertiary/aromatic N) is 5. The highest BCUT2D eigenvalue weighted by Crippen LogP contribution is 2.13. The van der Waals surface area contributed by atoms with E-state index in [0.29, 0.717) is 39.3 Å². The van der Waals surface area contributed by atoms with Crippen molar-refractivity contribution in [3.63, 3.8) is 0 Å². The molecule has 1 amide bonds. The average molecular weight is 329 g/mol. The molecule has 1 aliphatic rings. The van der Waals surface area contributed by atoms with Crippen LogP contribution in [0.5, 0.6) is 0 Å². The largest absolute Gasteiger partial charge is 0.379 e. The van der Waals surface area contributed by atoms with Gasteiger partial charge in [-0.3, -0.25) is 9.48 Å². The number of carbonyl (C=O) groups excluding carboxylic acids is 1. The van der Waals surface area contributed by atoms with Crippen molar-refractivity contribution in [2.45, 2.75) is 26.3 Å². The summed E-state index contributed by atoms with van der Waals surface area (Å²) >= 11 is 0. The average Bonchev–Trinajstić information content (AvgIpc) is 2.87. The fourth-order valence-corrected chi connectivity index (χ4v) is 2.92. The maximum Gasteiger partial charge on any atom is 0.224 e. The molecule has 0 aliphatic carbocycles. The quantitative estimate of drug-likeness (QED) is 0.821. The summed E-state index contributed by atoms with van der Waals surface area (Å²) in [7, 11) is 0. The van der Waals surface area contributed by atoms with Crippen LogP contribution in [0.2, 0.25) is 0 Å². The summed E-state index contributed by atoms with van der Waals surface area (Å²) in [5.41, 5.74) is 1.95. The van der Waals surface area contributed by atoms with Gasteiger partial charge in [-0.2, -0.15) is 5.10 Å². The van der Waals surface area contributed by atoms with Crippen molar-refractivity contribution in [2.75, 3.05) is 26.3 Å². The molecule has 7 heteroatoms. The van der Waals surface area contributed by atoms with Gasteiger partial charge in [-0.25, -0.2) is 9.97 Å². The summed E-state index contributed by atoms with van der Waals surface area (Å²) < 4.78 is 7.49. The van der Waals surface area contributed by atoms with E-state index < -0.39 is 0 Å². The highest BCUT2D eigenvalue weighted by atomic mass is 16.5. The van der Waals surface area contributed by atoms with E-state index in [2.05, 4.69) is 15.1 Å². The van der Waals surface area contributed by atoms with Gasteiger partial charge < -0.3 is 9.64 Å². The summed E-state index contributed by atoms with van der Waals surface area (Å²) in [6, 6.07) is 3.86. The molecular formula is C17H23N5O2. The minimum Gasteiger partial charge on any atom is -0.379 e. The molecule has 3 rings (SSSR count). The van der Waals surface area contributed by atoms with Gasteiger partial charge in [-0.1, -0.05) is 0 Å². The highest BCUT2D eigenvalue weighted by Gasteiger charge is 2.23. The lowest BCUT2D eigenvalue weighted by Gasteiger charge is -2.23. The molecule has 0 saturated carbocycles. The highest BCUT2D eigenvalue weighted by molar-refractivity contribution is 5.76. The molecule has 0 aromatic carbocycles. The van der Waals surface area contributed by atoms with E-state index in [-0.39, 0.29) is 11.8 Å². The fraction of sp³-hybridized carbons (Fsp3) is 0.529. The Bertz CT molecular complexity index is 658. The van der Waals surface area contributed by atoms with E-state index in [4.69, 9.17) is 4.74 Å². The number of aryl methyl sites for hydroxylation is 2. The Morgan fingerprint density at radius 1 is 1.42 bits per heavy atom. The van der Waals surface area contributed by atoms with Gasteiger partial charge in [0.15, 0.2) is 0 Å². The molecule has 0 radical (unpaired) electrons. The molecule has 1 fully saturated rings. The summed E-state index contributed by atoms with van der Waals surface area (Å²) in [5, 5.41) is 4.32. The van der Waals surface area contributed by atoms with Crippen LogP contribution >= 0.6 is 0 Å². The Kier molecular flexibility index (Phi) is 5.53. The first-order valence-electron chi connectivity index (χ1n) is 8.31.